The molecular weight excluding hydrogens is 246 g/mol. The fraction of sp³-hybridized carbons (Fsp3) is 0.846. The minimum absolute atomic E-state index is 0.0141. The van der Waals surface area contributed by atoms with Crippen molar-refractivity contribution in [3.05, 3.63) is 0 Å². The predicted molar refractivity (Wildman–Crippen MR) is 70.4 cm³/mol. The molecule has 1 saturated carbocycles. The second-order valence-corrected chi connectivity index (χ2v) is 5.60. The summed E-state index contributed by atoms with van der Waals surface area (Å²) in [5, 5.41) is 15.2. The molecule has 2 aliphatic rings. The van der Waals surface area contributed by atoms with Gasteiger partial charge >= 0.3 is 0 Å². The summed E-state index contributed by atoms with van der Waals surface area (Å²) in [5.41, 5.74) is 0. The number of aliphatic hydroxyl groups excluding tert-OH is 1. The Balaban J connectivity index is 1.63. The van der Waals surface area contributed by atoms with Crippen LogP contribution in [0.1, 0.15) is 19.8 Å². The van der Waals surface area contributed by atoms with Crippen molar-refractivity contribution in [2.24, 2.45) is 11.8 Å². The summed E-state index contributed by atoms with van der Waals surface area (Å²) in [6, 6.07) is 0. The molecule has 0 aromatic rings. The van der Waals surface area contributed by atoms with Crippen molar-refractivity contribution in [1.29, 1.82) is 0 Å². The number of amides is 2. The Hall–Kier alpha value is -1.14. The second kappa shape index (κ2) is 6.34. The molecule has 6 heteroatoms. The van der Waals surface area contributed by atoms with Crippen LogP contribution in [-0.2, 0) is 9.59 Å². The lowest BCUT2D eigenvalue weighted by Gasteiger charge is -2.17. The van der Waals surface area contributed by atoms with Crippen LogP contribution in [0.2, 0.25) is 0 Å². The highest BCUT2D eigenvalue weighted by atomic mass is 16.3. The first-order valence-corrected chi connectivity index (χ1v) is 6.98. The van der Waals surface area contributed by atoms with Gasteiger partial charge in [0.2, 0.25) is 11.8 Å². The summed E-state index contributed by atoms with van der Waals surface area (Å²) in [5.74, 6) is 0.810. The molecule has 2 rings (SSSR count). The Morgan fingerprint density at radius 3 is 2.63 bits per heavy atom. The van der Waals surface area contributed by atoms with Crippen molar-refractivity contribution in [3.63, 3.8) is 0 Å². The standard InChI is InChI=1S/C13H23N3O3/c1-9(17)14-4-5-15-13(19)8-16-6-10-2-3-12(18)11(10)7-16/h10-12,18H,2-8H2,1H3,(H,14,17)(H,15,19). The zero-order valence-corrected chi connectivity index (χ0v) is 11.4. The summed E-state index contributed by atoms with van der Waals surface area (Å²) in [4.78, 5) is 24.5. The molecule has 19 heavy (non-hydrogen) atoms. The van der Waals surface area contributed by atoms with Gasteiger partial charge in [-0.05, 0) is 18.8 Å². The minimum Gasteiger partial charge on any atom is -0.393 e. The lowest BCUT2D eigenvalue weighted by atomic mass is 10.00. The maximum Gasteiger partial charge on any atom is 0.234 e. The van der Waals surface area contributed by atoms with Crippen LogP contribution < -0.4 is 10.6 Å². The number of rotatable bonds is 5. The smallest absolute Gasteiger partial charge is 0.234 e. The SMILES string of the molecule is CC(=O)NCCNC(=O)CN1CC2CCC(O)C2C1. The van der Waals surface area contributed by atoms with Crippen molar-refractivity contribution in [2.45, 2.75) is 25.9 Å². The molecule has 3 unspecified atom stereocenters. The summed E-state index contributed by atoms with van der Waals surface area (Å²) >= 11 is 0. The van der Waals surface area contributed by atoms with Crippen LogP contribution in [0.3, 0.4) is 0 Å². The average molecular weight is 269 g/mol. The van der Waals surface area contributed by atoms with E-state index in [-0.39, 0.29) is 17.9 Å². The fourth-order valence-electron chi connectivity index (χ4n) is 3.16. The van der Waals surface area contributed by atoms with Crippen LogP contribution in [-0.4, -0.2) is 60.6 Å². The highest BCUT2D eigenvalue weighted by Gasteiger charge is 2.41. The van der Waals surface area contributed by atoms with E-state index in [1.54, 1.807) is 0 Å². The number of carbonyl (C=O) groups excluding carboxylic acids is 2. The average Bonchev–Trinajstić information content (AvgIpc) is 2.87. The Kier molecular flexibility index (Phi) is 4.76. The van der Waals surface area contributed by atoms with E-state index in [1.165, 1.54) is 6.92 Å². The Labute approximate surface area is 113 Å². The van der Waals surface area contributed by atoms with Gasteiger partial charge in [0.05, 0.1) is 12.6 Å². The molecule has 0 radical (unpaired) electrons. The lowest BCUT2D eigenvalue weighted by molar-refractivity contribution is -0.122. The Bertz CT molecular complexity index is 348. The van der Waals surface area contributed by atoms with Gasteiger partial charge in [-0.25, -0.2) is 0 Å². The molecule has 3 atom stereocenters. The second-order valence-electron chi connectivity index (χ2n) is 5.60. The summed E-state index contributed by atoms with van der Waals surface area (Å²) in [6.07, 6.45) is 1.80. The van der Waals surface area contributed by atoms with Crippen molar-refractivity contribution < 1.29 is 14.7 Å². The van der Waals surface area contributed by atoms with E-state index < -0.39 is 0 Å². The molecule has 1 saturated heterocycles. The van der Waals surface area contributed by atoms with Crippen LogP contribution in [0.25, 0.3) is 0 Å². The van der Waals surface area contributed by atoms with Crippen molar-refractivity contribution >= 4 is 11.8 Å². The van der Waals surface area contributed by atoms with E-state index in [0.717, 1.165) is 25.9 Å². The van der Waals surface area contributed by atoms with Gasteiger partial charge in [0.1, 0.15) is 0 Å². The molecule has 0 bridgehead atoms. The van der Waals surface area contributed by atoms with E-state index in [2.05, 4.69) is 15.5 Å². The van der Waals surface area contributed by atoms with Crippen LogP contribution in [0.15, 0.2) is 0 Å². The molecular formula is C13H23N3O3. The van der Waals surface area contributed by atoms with Crippen LogP contribution in [0, 0.1) is 11.8 Å². The molecule has 108 valence electrons. The van der Waals surface area contributed by atoms with Gasteiger partial charge in [0.25, 0.3) is 0 Å². The number of likely N-dealkylation sites (tertiary alicyclic amines) is 1. The van der Waals surface area contributed by atoms with Gasteiger partial charge < -0.3 is 15.7 Å². The number of nitrogens with one attached hydrogen (secondary N) is 2. The molecule has 0 aromatic heterocycles. The number of hydrogen-bond donors (Lipinski definition) is 3. The number of hydrogen-bond acceptors (Lipinski definition) is 4. The largest absolute Gasteiger partial charge is 0.393 e. The quantitative estimate of drug-likeness (QED) is 0.556. The van der Waals surface area contributed by atoms with Gasteiger partial charge in [-0.2, -0.15) is 0 Å². The monoisotopic (exact) mass is 269 g/mol. The molecule has 3 N–H and O–H groups in total. The molecule has 1 heterocycles. The first-order valence-electron chi connectivity index (χ1n) is 6.98. The first kappa shape index (κ1) is 14.3. The molecule has 1 aliphatic carbocycles. The third kappa shape index (κ3) is 3.91. The third-order valence-electron chi connectivity index (χ3n) is 4.08. The van der Waals surface area contributed by atoms with Gasteiger partial charge in [-0.1, -0.05) is 0 Å². The van der Waals surface area contributed by atoms with Crippen LogP contribution in [0.5, 0.6) is 0 Å². The molecule has 1 aliphatic heterocycles. The zero-order valence-electron chi connectivity index (χ0n) is 11.4. The van der Waals surface area contributed by atoms with E-state index in [0.29, 0.717) is 31.5 Å². The molecule has 6 nitrogen and oxygen atoms in total. The van der Waals surface area contributed by atoms with Gasteiger partial charge in [-0.15, -0.1) is 0 Å². The number of fused-ring (bicyclic) bond motifs is 1. The minimum atomic E-state index is -0.183. The first-order chi connectivity index (χ1) is 9.06. The number of carbonyl (C=O) groups is 2. The highest BCUT2D eigenvalue weighted by Crippen LogP contribution is 2.37. The number of nitrogens with zero attached hydrogens (tertiary/aromatic N) is 1. The van der Waals surface area contributed by atoms with Crippen LogP contribution >= 0.6 is 0 Å². The topological polar surface area (TPSA) is 81.7 Å². The van der Waals surface area contributed by atoms with Gasteiger partial charge in [0, 0.05) is 39.0 Å². The highest BCUT2D eigenvalue weighted by molar-refractivity contribution is 5.78. The van der Waals surface area contributed by atoms with E-state index in [9.17, 15) is 14.7 Å². The van der Waals surface area contributed by atoms with Crippen molar-refractivity contribution in [2.75, 3.05) is 32.7 Å². The van der Waals surface area contributed by atoms with Crippen LogP contribution in [0.4, 0.5) is 0 Å². The van der Waals surface area contributed by atoms with Gasteiger partial charge in [0.15, 0.2) is 0 Å². The van der Waals surface area contributed by atoms with E-state index in [1.807, 2.05) is 0 Å². The van der Waals surface area contributed by atoms with E-state index >= 15 is 0 Å². The maximum absolute atomic E-state index is 11.7. The summed E-state index contributed by atoms with van der Waals surface area (Å²) in [7, 11) is 0. The Morgan fingerprint density at radius 1 is 1.21 bits per heavy atom. The van der Waals surface area contributed by atoms with Crippen molar-refractivity contribution in [1.82, 2.24) is 15.5 Å². The summed E-state index contributed by atoms with van der Waals surface area (Å²) in [6.45, 7) is 4.51. The summed E-state index contributed by atoms with van der Waals surface area (Å²) < 4.78 is 0. The predicted octanol–water partition coefficient (Wildman–Crippen LogP) is -1.06. The normalized spacial score (nSPS) is 30.1. The zero-order chi connectivity index (χ0) is 13.8. The third-order valence-corrected chi connectivity index (χ3v) is 4.08. The lowest BCUT2D eigenvalue weighted by Crippen LogP contribution is -2.40. The van der Waals surface area contributed by atoms with Gasteiger partial charge in [-0.3, -0.25) is 14.5 Å². The molecule has 0 spiro atoms. The maximum atomic E-state index is 11.7. The number of aliphatic hydroxyl groups is 1. The fourth-order valence-corrected chi connectivity index (χ4v) is 3.16. The Morgan fingerprint density at radius 2 is 1.95 bits per heavy atom. The molecule has 0 aromatic carbocycles. The molecule has 2 fully saturated rings. The van der Waals surface area contributed by atoms with E-state index in [4.69, 9.17) is 0 Å². The molecule has 2 amide bonds. The van der Waals surface area contributed by atoms with Crippen molar-refractivity contribution in [3.8, 4) is 0 Å².